The van der Waals surface area contributed by atoms with E-state index >= 15 is 0 Å². The van der Waals surface area contributed by atoms with E-state index in [0.29, 0.717) is 27.1 Å². The fourth-order valence-electron chi connectivity index (χ4n) is 3.16. The van der Waals surface area contributed by atoms with Crippen LogP contribution in [0.2, 0.25) is 0 Å². The Hall–Kier alpha value is -2.67. The third-order valence-electron chi connectivity index (χ3n) is 4.57. The van der Waals surface area contributed by atoms with Crippen LogP contribution in [0, 0.1) is 5.82 Å². The van der Waals surface area contributed by atoms with Gasteiger partial charge in [0.15, 0.2) is 17.3 Å². The van der Waals surface area contributed by atoms with Crippen molar-refractivity contribution in [2.45, 2.75) is 18.9 Å². The molecule has 1 atom stereocenters. The molecule has 0 aliphatic carbocycles. The molecule has 0 saturated heterocycles. The summed E-state index contributed by atoms with van der Waals surface area (Å²) in [5.41, 5.74) is 1.29. The van der Waals surface area contributed by atoms with Gasteiger partial charge < -0.3 is 14.4 Å². The molecule has 28 heavy (non-hydrogen) atoms. The second-order valence-corrected chi connectivity index (χ2v) is 7.19. The zero-order chi connectivity index (χ0) is 20.3. The Kier molecular flexibility index (Phi) is 6.14. The topological polar surface area (TPSA) is 55.8 Å². The van der Waals surface area contributed by atoms with Crippen molar-refractivity contribution >= 4 is 27.6 Å². The Bertz CT molecular complexity index is 944. The predicted octanol–water partition coefficient (Wildman–Crippen LogP) is 4.20. The van der Waals surface area contributed by atoms with Crippen molar-refractivity contribution in [3.63, 3.8) is 0 Å². The lowest BCUT2D eigenvalue weighted by Gasteiger charge is -2.31. The van der Waals surface area contributed by atoms with Gasteiger partial charge in [-0.1, -0.05) is 28.1 Å². The maximum atomic E-state index is 13.7. The molecule has 5 nitrogen and oxygen atoms in total. The van der Waals surface area contributed by atoms with Crippen molar-refractivity contribution in [2.24, 2.45) is 0 Å². The first kappa shape index (κ1) is 20.1. The number of nitrogens with zero attached hydrogens (tertiary/aromatic N) is 1. The van der Waals surface area contributed by atoms with Gasteiger partial charge in [0.25, 0.3) is 0 Å². The van der Waals surface area contributed by atoms with E-state index in [1.807, 2.05) is 0 Å². The maximum Gasteiger partial charge on any atom is 0.231 e. The zero-order valence-electron chi connectivity index (χ0n) is 15.4. The number of halogens is 2. The Balaban J connectivity index is 1.90. The Morgan fingerprint density at radius 1 is 1.21 bits per heavy atom. The normalized spacial score (nSPS) is 16.2. The van der Waals surface area contributed by atoms with Crippen molar-refractivity contribution in [3.05, 3.63) is 70.1 Å². The van der Waals surface area contributed by atoms with Gasteiger partial charge in [-0.25, -0.2) is 4.39 Å². The molecule has 0 fully saturated rings. The maximum absolute atomic E-state index is 13.7. The molecule has 0 saturated carbocycles. The van der Waals surface area contributed by atoms with Gasteiger partial charge in [0, 0.05) is 17.1 Å². The van der Waals surface area contributed by atoms with E-state index in [9.17, 15) is 14.0 Å². The number of hydrogen-bond acceptors (Lipinski definition) is 4. The van der Waals surface area contributed by atoms with E-state index in [2.05, 4.69) is 15.9 Å². The number of amides is 1. The molecule has 3 rings (SSSR count). The van der Waals surface area contributed by atoms with E-state index in [0.717, 1.165) is 0 Å². The minimum absolute atomic E-state index is 0.0747. The SMILES string of the molecule is COc1cc(Br)c(CC(=O)N2C=CC(=O)CC2c2cccc(F)c2)cc1OC. The predicted molar refractivity (Wildman–Crippen MR) is 106 cm³/mol. The standard InChI is InChI=1S/C21H19BrFNO4/c1-27-19-9-14(17(22)12-20(19)28-2)10-21(26)24-7-6-16(25)11-18(24)13-4-3-5-15(23)8-13/h3-9,12,18H,10-11H2,1-2H3. The molecule has 0 spiro atoms. The second-order valence-electron chi connectivity index (χ2n) is 6.33. The quantitative estimate of drug-likeness (QED) is 0.688. The molecule has 1 aliphatic heterocycles. The van der Waals surface area contributed by atoms with Crippen molar-refractivity contribution < 1.29 is 23.5 Å². The first-order valence-corrected chi connectivity index (χ1v) is 9.40. The number of rotatable bonds is 5. The van der Waals surface area contributed by atoms with Gasteiger partial charge in [-0.2, -0.15) is 0 Å². The lowest BCUT2D eigenvalue weighted by atomic mass is 9.96. The van der Waals surface area contributed by atoms with Crippen LogP contribution in [-0.2, 0) is 16.0 Å². The lowest BCUT2D eigenvalue weighted by Crippen LogP contribution is -2.35. The zero-order valence-corrected chi connectivity index (χ0v) is 17.0. The summed E-state index contributed by atoms with van der Waals surface area (Å²) in [4.78, 5) is 26.4. The largest absolute Gasteiger partial charge is 0.493 e. The fraction of sp³-hybridized carbons (Fsp3) is 0.238. The number of allylic oxidation sites excluding steroid dienone is 1. The number of hydrogen-bond donors (Lipinski definition) is 0. The van der Waals surface area contributed by atoms with E-state index in [1.165, 1.54) is 43.5 Å². The van der Waals surface area contributed by atoms with Gasteiger partial charge in [0.2, 0.25) is 5.91 Å². The number of benzene rings is 2. The number of ketones is 1. The highest BCUT2D eigenvalue weighted by molar-refractivity contribution is 9.10. The summed E-state index contributed by atoms with van der Waals surface area (Å²) in [7, 11) is 3.06. The summed E-state index contributed by atoms with van der Waals surface area (Å²) in [6.45, 7) is 0. The van der Waals surface area contributed by atoms with Gasteiger partial charge in [0.05, 0.1) is 26.7 Å². The molecule has 0 bridgehead atoms. The molecule has 1 amide bonds. The van der Waals surface area contributed by atoms with Crippen LogP contribution in [0.1, 0.15) is 23.6 Å². The molecular formula is C21H19BrFNO4. The summed E-state index contributed by atoms with van der Waals surface area (Å²) < 4.78 is 24.9. The smallest absolute Gasteiger partial charge is 0.231 e. The van der Waals surface area contributed by atoms with Crippen molar-refractivity contribution in [1.82, 2.24) is 4.90 Å². The van der Waals surface area contributed by atoms with Crippen LogP contribution in [0.25, 0.3) is 0 Å². The van der Waals surface area contributed by atoms with E-state index < -0.39 is 11.9 Å². The molecule has 1 unspecified atom stereocenters. The average Bonchev–Trinajstić information content (AvgIpc) is 2.69. The summed E-state index contributed by atoms with van der Waals surface area (Å²) in [6.07, 6.45) is 3.03. The monoisotopic (exact) mass is 447 g/mol. The van der Waals surface area contributed by atoms with Crippen LogP contribution in [0.15, 0.2) is 53.1 Å². The highest BCUT2D eigenvalue weighted by Crippen LogP contribution is 2.35. The van der Waals surface area contributed by atoms with Gasteiger partial charge in [0.1, 0.15) is 5.82 Å². The third kappa shape index (κ3) is 4.25. The van der Waals surface area contributed by atoms with Gasteiger partial charge in [-0.3, -0.25) is 9.59 Å². The summed E-state index contributed by atoms with van der Waals surface area (Å²) in [5, 5.41) is 0. The number of carbonyl (C=O) groups is 2. The molecule has 0 radical (unpaired) electrons. The first-order chi connectivity index (χ1) is 13.4. The minimum Gasteiger partial charge on any atom is -0.493 e. The molecule has 7 heteroatoms. The highest BCUT2D eigenvalue weighted by atomic mass is 79.9. The Labute approximate surface area is 170 Å². The molecule has 1 heterocycles. The average molecular weight is 448 g/mol. The van der Waals surface area contributed by atoms with Gasteiger partial charge >= 0.3 is 0 Å². The van der Waals surface area contributed by atoms with E-state index in [-0.39, 0.29) is 24.5 Å². The first-order valence-electron chi connectivity index (χ1n) is 8.61. The number of methoxy groups -OCH3 is 2. The van der Waals surface area contributed by atoms with Crippen LogP contribution in [0.5, 0.6) is 11.5 Å². The van der Waals surface area contributed by atoms with Crippen LogP contribution < -0.4 is 9.47 Å². The van der Waals surface area contributed by atoms with Crippen molar-refractivity contribution in [1.29, 1.82) is 0 Å². The number of carbonyl (C=O) groups excluding carboxylic acids is 2. The van der Waals surface area contributed by atoms with Crippen LogP contribution in [0.3, 0.4) is 0 Å². The number of ether oxygens (including phenoxy) is 2. The van der Waals surface area contributed by atoms with Crippen molar-refractivity contribution in [2.75, 3.05) is 14.2 Å². The summed E-state index contributed by atoms with van der Waals surface area (Å²) >= 11 is 3.45. The third-order valence-corrected chi connectivity index (χ3v) is 5.31. The fourth-order valence-corrected chi connectivity index (χ4v) is 3.62. The van der Waals surface area contributed by atoms with Gasteiger partial charge in [-0.15, -0.1) is 0 Å². The molecule has 0 aromatic heterocycles. The summed E-state index contributed by atoms with van der Waals surface area (Å²) in [6, 6.07) is 8.89. The van der Waals surface area contributed by atoms with Crippen LogP contribution >= 0.6 is 15.9 Å². The van der Waals surface area contributed by atoms with Gasteiger partial charge in [-0.05, 0) is 41.5 Å². The lowest BCUT2D eigenvalue weighted by molar-refractivity contribution is -0.131. The molecule has 146 valence electrons. The second kappa shape index (κ2) is 8.56. The van der Waals surface area contributed by atoms with E-state index in [4.69, 9.17) is 9.47 Å². The van der Waals surface area contributed by atoms with Crippen molar-refractivity contribution in [3.8, 4) is 11.5 Å². The molecular weight excluding hydrogens is 429 g/mol. The molecule has 0 N–H and O–H groups in total. The molecule has 2 aromatic carbocycles. The Morgan fingerprint density at radius 3 is 2.61 bits per heavy atom. The minimum atomic E-state index is -0.542. The van der Waals surface area contributed by atoms with E-state index in [1.54, 1.807) is 24.3 Å². The molecule has 1 aliphatic rings. The molecule has 2 aromatic rings. The van der Waals surface area contributed by atoms with Crippen LogP contribution in [-0.4, -0.2) is 30.8 Å². The highest BCUT2D eigenvalue weighted by Gasteiger charge is 2.29. The Morgan fingerprint density at radius 2 is 1.93 bits per heavy atom. The summed E-state index contributed by atoms with van der Waals surface area (Å²) in [5.74, 6) is 0.331. The van der Waals surface area contributed by atoms with Crippen LogP contribution in [0.4, 0.5) is 4.39 Å².